The summed E-state index contributed by atoms with van der Waals surface area (Å²) in [7, 11) is 1.33. The van der Waals surface area contributed by atoms with Gasteiger partial charge < -0.3 is 4.74 Å². The van der Waals surface area contributed by atoms with Gasteiger partial charge in [-0.05, 0) is 40.6 Å². The number of hydrogen-bond donors (Lipinski definition) is 0. The Hall–Kier alpha value is -2.39. The summed E-state index contributed by atoms with van der Waals surface area (Å²) in [5, 5.41) is 1.97. The van der Waals surface area contributed by atoms with E-state index in [1.165, 1.54) is 13.2 Å². The molecular formula is C18H12ClFO2. The van der Waals surface area contributed by atoms with Gasteiger partial charge in [0, 0.05) is 5.56 Å². The minimum absolute atomic E-state index is 0.330. The summed E-state index contributed by atoms with van der Waals surface area (Å²) in [6.07, 6.45) is 0. The van der Waals surface area contributed by atoms with Gasteiger partial charge in [-0.2, -0.15) is 0 Å². The first kappa shape index (κ1) is 14.5. The highest BCUT2D eigenvalue weighted by molar-refractivity contribution is 6.33. The fraction of sp³-hybridized carbons (Fsp3) is 0.0556. The Morgan fingerprint density at radius 1 is 1.09 bits per heavy atom. The van der Waals surface area contributed by atoms with Crippen LogP contribution in [-0.2, 0) is 4.74 Å². The SMILES string of the molecule is COC(=O)c1ccc2cccc(-c3c(F)cccc3Cl)c2c1. The van der Waals surface area contributed by atoms with Gasteiger partial charge in [0.2, 0.25) is 0 Å². The summed E-state index contributed by atoms with van der Waals surface area (Å²) in [6, 6.07) is 15.3. The topological polar surface area (TPSA) is 26.3 Å². The number of methoxy groups -OCH3 is 1. The predicted octanol–water partition coefficient (Wildman–Crippen LogP) is 5.09. The number of ether oxygens (including phenoxy) is 1. The summed E-state index contributed by atoms with van der Waals surface area (Å²) < 4.78 is 19.0. The average Bonchev–Trinajstić information content (AvgIpc) is 2.53. The smallest absolute Gasteiger partial charge is 0.337 e. The first-order chi connectivity index (χ1) is 10.6. The van der Waals surface area contributed by atoms with Crippen LogP contribution in [0.2, 0.25) is 5.02 Å². The van der Waals surface area contributed by atoms with Crippen LogP contribution in [0.1, 0.15) is 10.4 Å². The molecule has 0 amide bonds. The molecule has 4 heteroatoms. The number of benzene rings is 3. The molecule has 0 N–H and O–H groups in total. The molecule has 0 aliphatic heterocycles. The highest BCUT2D eigenvalue weighted by Crippen LogP contribution is 2.35. The molecule has 0 aliphatic rings. The third-order valence-corrected chi connectivity index (χ3v) is 3.85. The zero-order valence-electron chi connectivity index (χ0n) is 11.8. The highest BCUT2D eigenvalue weighted by atomic mass is 35.5. The average molecular weight is 315 g/mol. The minimum Gasteiger partial charge on any atom is -0.465 e. The molecule has 3 rings (SSSR count). The van der Waals surface area contributed by atoms with E-state index in [4.69, 9.17) is 16.3 Å². The Morgan fingerprint density at radius 3 is 2.59 bits per heavy atom. The van der Waals surface area contributed by atoms with Crippen molar-refractivity contribution in [2.45, 2.75) is 0 Å². The van der Waals surface area contributed by atoms with Crippen LogP contribution in [0.5, 0.6) is 0 Å². The molecule has 3 aromatic rings. The third kappa shape index (κ3) is 2.44. The van der Waals surface area contributed by atoms with Gasteiger partial charge >= 0.3 is 5.97 Å². The van der Waals surface area contributed by atoms with E-state index in [9.17, 15) is 9.18 Å². The van der Waals surface area contributed by atoms with Gasteiger partial charge in [0.1, 0.15) is 5.82 Å². The molecule has 0 fully saturated rings. The lowest BCUT2D eigenvalue weighted by molar-refractivity contribution is 0.0601. The van der Waals surface area contributed by atoms with E-state index in [-0.39, 0.29) is 0 Å². The van der Waals surface area contributed by atoms with Crippen molar-refractivity contribution in [2.75, 3.05) is 7.11 Å². The number of rotatable bonds is 2. The van der Waals surface area contributed by atoms with Crippen molar-refractivity contribution < 1.29 is 13.9 Å². The number of fused-ring (bicyclic) bond motifs is 1. The highest BCUT2D eigenvalue weighted by Gasteiger charge is 2.14. The predicted molar refractivity (Wildman–Crippen MR) is 85.7 cm³/mol. The van der Waals surface area contributed by atoms with Crippen molar-refractivity contribution in [1.29, 1.82) is 0 Å². The minimum atomic E-state index is -0.434. The first-order valence-corrected chi connectivity index (χ1v) is 7.05. The molecule has 0 spiro atoms. The van der Waals surface area contributed by atoms with Crippen molar-refractivity contribution in [3.05, 3.63) is 71.0 Å². The lowest BCUT2D eigenvalue weighted by atomic mass is 9.96. The third-order valence-electron chi connectivity index (χ3n) is 3.54. The quantitative estimate of drug-likeness (QED) is 0.616. The number of esters is 1. The van der Waals surface area contributed by atoms with Gasteiger partial charge in [-0.15, -0.1) is 0 Å². The monoisotopic (exact) mass is 314 g/mol. The van der Waals surface area contributed by atoms with Crippen molar-refractivity contribution >= 4 is 28.3 Å². The van der Waals surface area contributed by atoms with Crippen molar-refractivity contribution in [3.63, 3.8) is 0 Å². The van der Waals surface area contributed by atoms with Crippen LogP contribution >= 0.6 is 11.6 Å². The van der Waals surface area contributed by atoms with Gasteiger partial charge in [0.25, 0.3) is 0 Å². The van der Waals surface area contributed by atoms with Crippen LogP contribution in [0.25, 0.3) is 21.9 Å². The molecule has 22 heavy (non-hydrogen) atoms. The zero-order chi connectivity index (χ0) is 15.7. The van der Waals surface area contributed by atoms with Crippen LogP contribution in [0.4, 0.5) is 4.39 Å². The summed E-state index contributed by atoms with van der Waals surface area (Å²) in [5.41, 5.74) is 1.39. The molecule has 110 valence electrons. The lowest BCUT2D eigenvalue weighted by Crippen LogP contribution is -2.00. The Morgan fingerprint density at radius 2 is 1.86 bits per heavy atom. The van der Waals surface area contributed by atoms with Crippen LogP contribution in [0.3, 0.4) is 0 Å². The molecule has 0 aromatic heterocycles. The summed E-state index contributed by atoms with van der Waals surface area (Å²) in [6.45, 7) is 0. The van der Waals surface area contributed by atoms with E-state index in [2.05, 4.69) is 0 Å². The van der Waals surface area contributed by atoms with Gasteiger partial charge in [-0.3, -0.25) is 0 Å². The fourth-order valence-corrected chi connectivity index (χ4v) is 2.76. The number of hydrogen-bond acceptors (Lipinski definition) is 2. The van der Waals surface area contributed by atoms with Crippen LogP contribution in [-0.4, -0.2) is 13.1 Å². The molecule has 0 radical (unpaired) electrons. The maximum Gasteiger partial charge on any atom is 0.337 e. The maximum atomic E-state index is 14.2. The molecule has 0 unspecified atom stereocenters. The van der Waals surface area contributed by atoms with E-state index in [0.29, 0.717) is 21.7 Å². The van der Waals surface area contributed by atoms with Crippen LogP contribution in [0.15, 0.2) is 54.6 Å². The Kier molecular flexibility index (Phi) is 3.82. The van der Waals surface area contributed by atoms with Crippen molar-refractivity contribution in [3.8, 4) is 11.1 Å². The Balaban J connectivity index is 2.32. The Bertz CT molecular complexity index is 854. The Labute approximate surface area is 132 Å². The molecule has 0 saturated carbocycles. The summed E-state index contributed by atoms with van der Waals surface area (Å²) >= 11 is 6.16. The molecule has 0 atom stereocenters. The molecule has 0 bridgehead atoms. The zero-order valence-corrected chi connectivity index (χ0v) is 12.5. The van der Waals surface area contributed by atoms with Crippen molar-refractivity contribution in [2.24, 2.45) is 0 Å². The van der Waals surface area contributed by atoms with Gasteiger partial charge in [-0.25, -0.2) is 9.18 Å². The first-order valence-electron chi connectivity index (χ1n) is 6.67. The van der Waals surface area contributed by atoms with Gasteiger partial charge in [0.05, 0.1) is 17.7 Å². The maximum absolute atomic E-state index is 14.2. The van der Waals surface area contributed by atoms with Crippen LogP contribution in [0, 0.1) is 5.82 Å². The lowest BCUT2D eigenvalue weighted by Gasteiger charge is -2.11. The molecule has 0 aliphatic carbocycles. The number of carbonyl (C=O) groups is 1. The number of halogens is 2. The van der Waals surface area contributed by atoms with Crippen LogP contribution < -0.4 is 0 Å². The second-order valence-corrected chi connectivity index (χ2v) is 5.24. The second kappa shape index (κ2) is 5.78. The summed E-state index contributed by atoms with van der Waals surface area (Å²) in [5.74, 6) is -0.834. The normalized spacial score (nSPS) is 10.7. The van der Waals surface area contributed by atoms with E-state index < -0.39 is 11.8 Å². The second-order valence-electron chi connectivity index (χ2n) is 4.83. The molecule has 0 saturated heterocycles. The largest absolute Gasteiger partial charge is 0.465 e. The molecular weight excluding hydrogens is 303 g/mol. The van der Waals surface area contributed by atoms with E-state index in [0.717, 1.165) is 10.8 Å². The summed E-state index contributed by atoms with van der Waals surface area (Å²) in [4.78, 5) is 11.7. The van der Waals surface area contributed by atoms with E-state index in [1.54, 1.807) is 36.4 Å². The van der Waals surface area contributed by atoms with Gasteiger partial charge in [0.15, 0.2) is 0 Å². The molecule has 0 heterocycles. The van der Waals surface area contributed by atoms with Gasteiger partial charge in [-0.1, -0.05) is 41.9 Å². The molecule has 3 aromatic carbocycles. The number of carbonyl (C=O) groups excluding carboxylic acids is 1. The van der Waals surface area contributed by atoms with Crippen molar-refractivity contribution in [1.82, 2.24) is 0 Å². The fourth-order valence-electron chi connectivity index (χ4n) is 2.49. The van der Waals surface area contributed by atoms with E-state index in [1.807, 2.05) is 12.1 Å². The standard InChI is InChI=1S/C18H12ClFO2/c1-22-18(21)12-9-8-11-4-2-5-13(14(11)10-12)17-15(19)6-3-7-16(17)20/h2-10H,1H3. The molecule has 2 nitrogen and oxygen atoms in total. The van der Waals surface area contributed by atoms with E-state index >= 15 is 0 Å².